The number of aliphatic hydroxyl groups is 1. The number of likely N-dealkylation sites (tertiary alicyclic amines) is 1. The summed E-state index contributed by atoms with van der Waals surface area (Å²) in [7, 11) is 0. The van der Waals surface area contributed by atoms with Crippen molar-refractivity contribution >= 4 is 17.8 Å². The summed E-state index contributed by atoms with van der Waals surface area (Å²) in [6.45, 7) is 8.73. The molecule has 2 bridgehead atoms. The van der Waals surface area contributed by atoms with Crippen molar-refractivity contribution in [3.63, 3.8) is 0 Å². The van der Waals surface area contributed by atoms with Gasteiger partial charge in [-0.05, 0) is 32.1 Å². The van der Waals surface area contributed by atoms with Gasteiger partial charge in [-0.25, -0.2) is 0 Å². The minimum absolute atomic E-state index is 0.0728. The number of fused-ring (bicyclic) bond motifs is 1. The Balaban J connectivity index is 1.57. The Morgan fingerprint density at radius 3 is 2.65 bits per heavy atom. The van der Waals surface area contributed by atoms with Gasteiger partial charge in [0, 0.05) is 45.9 Å². The van der Waals surface area contributed by atoms with E-state index in [0.717, 1.165) is 19.5 Å². The van der Waals surface area contributed by atoms with Gasteiger partial charge in [0.1, 0.15) is 11.6 Å². The molecule has 2 amide bonds. The molecule has 0 radical (unpaired) electrons. The van der Waals surface area contributed by atoms with Gasteiger partial charge >= 0.3 is 5.97 Å². The zero-order valence-electron chi connectivity index (χ0n) is 19.8. The third kappa shape index (κ3) is 4.48. The van der Waals surface area contributed by atoms with Crippen LogP contribution in [0.3, 0.4) is 0 Å². The standard InChI is InChI=1S/C24H37N3O7/c1-2-8-26(11-10-25-12-15-33-16-13-25)22(30)20-24-7-6-17(34-24)18(23(31)32)19(24)21(29)27(20)9-4-3-5-14-28/h2,17-20,28H,1,3-16H2,(H,31,32)/t17-,18+,19+,20-,24+/m1/s1. The summed E-state index contributed by atoms with van der Waals surface area (Å²) in [5.74, 6) is -3.27. The Bertz CT molecular complexity index is 787. The molecule has 190 valence electrons. The van der Waals surface area contributed by atoms with Crippen LogP contribution in [0.15, 0.2) is 12.7 Å². The number of nitrogens with zero attached hydrogens (tertiary/aromatic N) is 3. The van der Waals surface area contributed by atoms with Gasteiger partial charge in [-0.1, -0.05) is 6.08 Å². The Morgan fingerprint density at radius 1 is 1.21 bits per heavy atom. The smallest absolute Gasteiger partial charge is 0.310 e. The first-order valence-corrected chi connectivity index (χ1v) is 12.5. The number of carbonyl (C=O) groups excluding carboxylic acids is 2. The van der Waals surface area contributed by atoms with Crippen LogP contribution < -0.4 is 0 Å². The Morgan fingerprint density at radius 2 is 1.97 bits per heavy atom. The number of amides is 2. The summed E-state index contributed by atoms with van der Waals surface area (Å²) in [6, 6.07) is -0.835. The molecule has 10 nitrogen and oxygen atoms in total. The van der Waals surface area contributed by atoms with Crippen molar-refractivity contribution in [1.82, 2.24) is 14.7 Å². The second-order valence-electron chi connectivity index (χ2n) is 9.74. The van der Waals surface area contributed by atoms with Gasteiger partial charge in [-0.3, -0.25) is 19.3 Å². The highest BCUT2D eigenvalue weighted by Gasteiger charge is 2.74. The van der Waals surface area contributed by atoms with Gasteiger partial charge < -0.3 is 29.5 Å². The Hall–Kier alpha value is -2.01. The predicted octanol–water partition coefficient (Wildman–Crippen LogP) is -0.0450. The van der Waals surface area contributed by atoms with Crippen molar-refractivity contribution < 1.29 is 34.1 Å². The number of aliphatic hydroxyl groups excluding tert-OH is 1. The summed E-state index contributed by atoms with van der Waals surface area (Å²) >= 11 is 0. The van der Waals surface area contributed by atoms with Crippen LogP contribution >= 0.6 is 0 Å². The number of morpholine rings is 1. The van der Waals surface area contributed by atoms with E-state index in [1.165, 1.54) is 0 Å². The van der Waals surface area contributed by atoms with E-state index in [9.17, 15) is 19.5 Å². The lowest BCUT2D eigenvalue weighted by atomic mass is 9.70. The fourth-order valence-electron chi connectivity index (χ4n) is 6.23. The maximum absolute atomic E-state index is 14.0. The minimum Gasteiger partial charge on any atom is -0.481 e. The molecule has 4 rings (SSSR count). The number of ether oxygens (including phenoxy) is 2. The number of hydrogen-bond donors (Lipinski definition) is 2. The predicted molar refractivity (Wildman–Crippen MR) is 122 cm³/mol. The second-order valence-corrected chi connectivity index (χ2v) is 9.74. The molecule has 4 fully saturated rings. The van der Waals surface area contributed by atoms with E-state index in [4.69, 9.17) is 14.6 Å². The first-order chi connectivity index (χ1) is 16.4. The molecule has 10 heteroatoms. The lowest BCUT2D eigenvalue weighted by Crippen LogP contribution is -2.57. The number of unbranched alkanes of at least 4 members (excludes halogenated alkanes) is 2. The summed E-state index contributed by atoms with van der Waals surface area (Å²) in [5, 5.41) is 19.0. The largest absolute Gasteiger partial charge is 0.481 e. The summed E-state index contributed by atoms with van der Waals surface area (Å²) < 4.78 is 11.7. The molecule has 0 saturated carbocycles. The maximum Gasteiger partial charge on any atom is 0.310 e. The van der Waals surface area contributed by atoms with Gasteiger partial charge in [0.15, 0.2) is 0 Å². The van der Waals surface area contributed by atoms with E-state index in [0.29, 0.717) is 65.1 Å². The molecular weight excluding hydrogens is 442 g/mol. The number of aliphatic carboxylic acids is 1. The molecule has 5 atom stereocenters. The van der Waals surface area contributed by atoms with E-state index < -0.39 is 35.6 Å². The van der Waals surface area contributed by atoms with Crippen LogP contribution in [0.4, 0.5) is 0 Å². The van der Waals surface area contributed by atoms with E-state index in [1.807, 2.05) is 0 Å². The molecule has 0 aromatic carbocycles. The topological polar surface area (TPSA) is 120 Å². The van der Waals surface area contributed by atoms with Crippen molar-refractivity contribution in [2.75, 3.05) is 59.1 Å². The van der Waals surface area contributed by atoms with E-state index in [1.54, 1.807) is 15.9 Å². The monoisotopic (exact) mass is 479 g/mol. The number of carbonyl (C=O) groups is 3. The molecule has 34 heavy (non-hydrogen) atoms. The summed E-state index contributed by atoms with van der Waals surface area (Å²) in [5.41, 5.74) is -1.09. The molecule has 0 aromatic rings. The highest BCUT2D eigenvalue weighted by atomic mass is 16.5. The molecule has 1 spiro atoms. The van der Waals surface area contributed by atoms with Crippen molar-refractivity contribution in [3.05, 3.63) is 12.7 Å². The zero-order valence-corrected chi connectivity index (χ0v) is 19.8. The number of rotatable bonds is 12. The molecule has 0 unspecified atom stereocenters. The Kier molecular flexibility index (Phi) is 7.91. The van der Waals surface area contributed by atoms with Crippen molar-refractivity contribution in [2.45, 2.75) is 49.9 Å². The van der Waals surface area contributed by atoms with Gasteiger partial charge in [0.25, 0.3) is 0 Å². The van der Waals surface area contributed by atoms with Gasteiger partial charge in [0.05, 0.1) is 31.2 Å². The Labute approximate surface area is 200 Å². The lowest BCUT2D eigenvalue weighted by molar-refractivity contribution is -0.151. The number of hydrogen-bond acceptors (Lipinski definition) is 7. The molecular formula is C24H37N3O7. The van der Waals surface area contributed by atoms with Crippen LogP contribution in [0.1, 0.15) is 32.1 Å². The highest BCUT2D eigenvalue weighted by molar-refractivity contribution is 5.98. The molecule has 4 saturated heterocycles. The molecule has 4 aliphatic heterocycles. The van der Waals surface area contributed by atoms with E-state index in [2.05, 4.69) is 11.5 Å². The molecule has 4 aliphatic rings. The van der Waals surface area contributed by atoms with Crippen LogP contribution in [0.2, 0.25) is 0 Å². The first-order valence-electron chi connectivity index (χ1n) is 12.5. The summed E-state index contributed by atoms with van der Waals surface area (Å²) in [6.07, 6.45) is 4.17. The van der Waals surface area contributed by atoms with Crippen LogP contribution in [-0.2, 0) is 23.9 Å². The average Bonchev–Trinajstić information content (AvgIpc) is 3.47. The molecule has 2 N–H and O–H groups in total. The first kappa shape index (κ1) is 25.1. The van der Waals surface area contributed by atoms with E-state index >= 15 is 0 Å². The van der Waals surface area contributed by atoms with Crippen LogP contribution in [-0.4, -0.2) is 120 Å². The second kappa shape index (κ2) is 10.7. The molecule has 0 aromatic heterocycles. The van der Waals surface area contributed by atoms with Gasteiger partial charge in [-0.2, -0.15) is 0 Å². The SMILES string of the molecule is C=CCN(CCN1CCOCC1)C(=O)[C@H]1N(CCCCCO)C(=O)[C@@H]2[C@@H](C(=O)O)[C@H]3CC[C@]21O3. The third-order valence-electron chi connectivity index (χ3n) is 7.83. The fraction of sp³-hybridized carbons (Fsp3) is 0.792. The van der Waals surface area contributed by atoms with Crippen LogP contribution in [0.5, 0.6) is 0 Å². The summed E-state index contributed by atoms with van der Waals surface area (Å²) in [4.78, 5) is 45.2. The number of carboxylic acids is 1. The lowest BCUT2D eigenvalue weighted by Gasteiger charge is -2.37. The maximum atomic E-state index is 14.0. The fourth-order valence-corrected chi connectivity index (χ4v) is 6.23. The highest BCUT2D eigenvalue weighted by Crippen LogP contribution is 2.58. The molecule has 0 aliphatic carbocycles. The quantitative estimate of drug-likeness (QED) is 0.296. The van der Waals surface area contributed by atoms with Crippen molar-refractivity contribution in [1.29, 1.82) is 0 Å². The van der Waals surface area contributed by atoms with Crippen LogP contribution in [0, 0.1) is 11.8 Å². The van der Waals surface area contributed by atoms with Gasteiger partial charge in [-0.15, -0.1) is 6.58 Å². The van der Waals surface area contributed by atoms with E-state index in [-0.39, 0.29) is 18.4 Å². The van der Waals surface area contributed by atoms with Gasteiger partial charge in [0.2, 0.25) is 11.8 Å². The van der Waals surface area contributed by atoms with Crippen LogP contribution in [0.25, 0.3) is 0 Å². The third-order valence-corrected chi connectivity index (χ3v) is 7.83. The van der Waals surface area contributed by atoms with Crippen molar-refractivity contribution in [3.8, 4) is 0 Å². The normalized spacial score (nSPS) is 32.7. The van der Waals surface area contributed by atoms with Crippen molar-refractivity contribution in [2.24, 2.45) is 11.8 Å². The zero-order chi connectivity index (χ0) is 24.3. The average molecular weight is 480 g/mol. The molecule has 4 heterocycles. The minimum atomic E-state index is -1.09. The number of carboxylic acid groups (broad SMARTS) is 1.